The van der Waals surface area contributed by atoms with E-state index in [0.29, 0.717) is 13.1 Å². The van der Waals surface area contributed by atoms with Crippen LogP contribution in [-0.2, 0) is 10.0 Å². The topological polar surface area (TPSA) is 63.4 Å². The largest absolute Gasteiger partial charge is 0.329 e. The van der Waals surface area contributed by atoms with Crippen LogP contribution < -0.4 is 5.73 Å². The Balaban J connectivity index is 0.00000180. The van der Waals surface area contributed by atoms with Crippen molar-refractivity contribution in [1.82, 2.24) is 4.31 Å². The molecule has 2 rings (SSSR count). The number of rotatable bonds is 3. The van der Waals surface area contributed by atoms with Crippen LogP contribution in [0.2, 0.25) is 0 Å². The summed E-state index contributed by atoms with van der Waals surface area (Å²) in [4.78, 5) is 0.0936. The van der Waals surface area contributed by atoms with Gasteiger partial charge in [-0.3, -0.25) is 0 Å². The standard InChI is InChI=1S/C11H14BrFN2O2S.ClH/c12-10-6-9(3-4-11(10)13)18(16,17)15-5-1-2-8(15)7-14;/h3-4,6,8H,1-2,5,7,14H2;1H. The van der Waals surface area contributed by atoms with E-state index in [-0.39, 0.29) is 27.8 Å². The van der Waals surface area contributed by atoms with Gasteiger partial charge in [-0.15, -0.1) is 12.4 Å². The average molecular weight is 374 g/mol. The van der Waals surface area contributed by atoms with Crippen LogP contribution in [0.3, 0.4) is 0 Å². The van der Waals surface area contributed by atoms with Crippen LogP contribution in [-0.4, -0.2) is 31.9 Å². The van der Waals surface area contributed by atoms with Crippen molar-refractivity contribution in [2.75, 3.05) is 13.1 Å². The fraction of sp³-hybridized carbons (Fsp3) is 0.455. The van der Waals surface area contributed by atoms with Crippen molar-refractivity contribution in [3.05, 3.63) is 28.5 Å². The quantitative estimate of drug-likeness (QED) is 0.883. The second kappa shape index (κ2) is 6.49. The smallest absolute Gasteiger partial charge is 0.243 e. The van der Waals surface area contributed by atoms with Gasteiger partial charge >= 0.3 is 0 Å². The van der Waals surface area contributed by atoms with Crippen molar-refractivity contribution in [3.8, 4) is 0 Å². The lowest BCUT2D eigenvalue weighted by Crippen LogP contribution is -2.39. The van der Waals surface area contributed by atoms with Gasteiger partial charge in [0.05, 0.1) is 9.37 Å². The van der Waals surface area contributed by atoms with E-state index in [0.717, 1.165) is 18.9 Å². The molecular weight excluding hydrogens is 359 g/mol. The molecular formula is C11H15BrClFN2O2S. The van der Waals surface area contributed by atoms with Gasteiger partial charge in [-0.05, 0) is 47.0 Å². The lowest BCUT2D eigenvalue weighted by Gasteiger charge is -2.22. The molecule has 1 unspecified atom stereocenters. The van der Waals surface area contributed by atoms with Gasteiger partial charge in [0.25, 0.3) is 0 Å². The van der Waals surface area contributed by atoms with Gasteiger partial charge in [0.2, 0.25) is 10.0 Å². The number of benzene rings is 1. The third-order valence-electron chi connectivity index (χ3n) is 3.09. The summed E-state index contributed by atoms with van der Waals surface area (Å²) in [6, 6.07) is 3.56. The van der Waals surface area contributed by atoms with Crippen LogP contribution in [0.15, 0.2) is 27.6 Å². The molecule has 4 nitrogen and oxygen atoms in total. The second-order valence-electron chi connectivity index (χ2n) is 4.22. The number of nitrogens with two attached hydrogens (primary N) is 1. The molecule has 1 fully saturated rings. The predicted molar refractivity (Wildman–Crippen MR) is 77.3 cm³/mol. The highest BCUT2D eigenvalue weighted by molar-refractivity contribution is 9.10. The van der Waals surface area contributed by atoms with Crippen LogP contribution in [0, 0.1) is 5.82 Å². The zero-order valence-corrected chi connectivity index (χ0v) is 13.3. The second-order valence-corrected chi connectivity index (χ2v) is 6.97. The summed E-state index contributed by atoms with van der Waals surface area (Å²) >= 11 is 3.00. The Morgan fingerprint density at radius 2 is 2.16 bits per heavy atom. The molecule has 1 aromatic rings. The summed E-state index contributed by atoms with van der Waals surface area (Å²) in [5, 5.41) is 0. The lowest BCUT2D eigenvalue weighted by atomic mass is 10.2. The zero-order valence-electron chi connectivity index (χ0n) is 10.1. The molecule has 1 atom stereocenters. The third-order valence-corrected chi connectivity index (χ3v) is 5.65. The average Bonchev–Trinajstić information content (AvgIpc) is 2.81. The molecule has 0 saturated carbocycles. The highest BCUT2D eigenvalue weighted by Gasteiger charge is 2.34. The van der Waals surface area contributed by atoms with Gasteiger partial charge < -0.3 is 5.73 Å². The first-order chi connectivity index (χ1) is 8.46. The fourth-order valence-electron chi connectivity index (χ4n) is 2.13. The minimum Gasteiger partial charge on any atom is -0.329 e. The first-order valence-corrected chi connectivity index (χ1v) is 7.87. The van der Waals surface area contributed by atoms with Gasteiger partial charge in [0, 0.05) is 19.1 Å². The molecule has 0 radical (unpaired) electrons. The van der Waals surface area contributed by atoms with Crippen molar-refractivity contribution in [2.45, 2.75) is 23.8 Å². The summed E-state index contributed by atoms with van der Waals surface area (Å²) in [6.07, 6.45) is 1.58. The maximum atomic E-state index is 13.1. The van der Waals surface area contributed by atoms with Crippen molar-refractivity contribution >= 4 is 38.4 Å². The van der Waals surface area contributed by atoms with E-state index in [1.165, 1.54) is 16.4 Å². The maximum absolute atomic E-state index is 13.1. The van der Waals surface area contributed by atoms with Crippen LogP contribution in [0.4, 0.5) is 4.39 Å². The first-order valence-electron chi connectivity index (χ1n) is 5.64. The van der Waals surface area contributed by atoms with Gasteiger partial charge in [-0.2, -0.15) is 4.31 Å². The first kappa shape index (κ1) is 16.8. The number of nitrogens with zero attached hydrogens (tertiary/aromatic N) is 1. The normalized spacial score (nSPS) is 20.3. The molecule has 1 aliphatic rings. The van der Waals surface area contributed by atoms with Gasteiger partial charge in [-0.25, -0.2) is 12.8 Å². The van der Waals surface area contributed by atoms with Crippen LogP contribution >= 0.6 is 28.3 Å². The molecule has 0 aromatic heterocycles. The Labute approximate surface area is 126 Å². The van der Waals surface area contributed by atoms with Crippen molar-refractivity contribution in [2.24, 2.45) is 5.73 Å². The fourth-order valence-corrected chi connectivity index (χ4v) is 4.40. The minimum absolute atomic E-state index is 0. The third kappa shape index (κ3) is 3.28. The SMILES string of the molecule is Cl.NCC1CCCN1S(=O)(=O)c1ccc(F)c(Br)c1. The molecule has 108 valence electrons. The van der Waals surface area contributed by atoms with Crippen molar-refractivity contribution in [1.29, 1.82) is 0 Å². The summed E-state index contributed by atoms with van der Waals surface area (Å²) in [5.41, 5.74) is 5.58. The van der Waals surface area contributed by atoms with Crippen LogP contribution in [0.1, 0.15) is 12.8 Å². The zero-order chi connectivity index (χ0) is 13.3. The molecule has 8 heteroatoms. The summed E-state index contributed by atoms with van der Waals surface area (Å²) < 4.78 is 39.5. The Morgan fingerprint density at radius 1 is 1.47 bits per heavy atom. The molecule has 1 saturated heterocycles. The molecule has 1 heterocycles. The van der Waals surface area contributed by atoms with Crippen LogP contribution in [0.5, 0.6) is 0 Å². The van der Waals surface area contributed by atoms with Gasteiger partial charge in [-0.1, -0.05) is 0 Å². The van der Waals surface area contributed by atoms with E-state index in [1.54, 1.807) is 0 Å². The van der Waals surface area contributed by atoms with E-state index in [2.05, 4.69) is 15.9 Å². The predicted octanol–water partition coefficient (Wildman–Crippen LogP) is 2.12. The summed E-state index contributed by atoms with van der Waals surface area (Å²) in [7, 11) is -3.58. The molecule has 0 amide bonds. The summed E-state index contributed by atoms with van der Waals surface area (Å²) in [6.45, 7) is 0.779. The minimum atomic E-state index is -3.58. The van der Waals surface area contributed by atoms with Gasteiger partial charge in [0.1, 0.15) is 5.82 Å². The van der Waals surface area contributed by atoms with Gasteiger partial charge in [0.15, 0.2) is 0 Å². The number of hydrogen-bond donors (Lipinski definition) is 1. The monoisotopic (exact) mass is 372 g/mol. The highest BCUT2D eigenvalue weighted by Crippen LogP contribution is 2.27. The van der Waals surface area contributed by atoms with E-state index in [1.807, 2.05) is 0 Å². The van der Waals surface area contributed by atoms with E-state index >= 15 is 0 Å². The number of halogens is 3. The van der Waals surface area contributed by atoms with Crippen molar-refractivity contribution < 1.29 is 12.8 Å². The van der Waals surface area contributed by atoms with E-state index in [4.69, 9.17) is 5.73 Å². The summed E-state index contributed by atoms with van der Waals surface area (Å²) in [5.74, 6) is -0.481. The molecule has 2 N–H and O–H groups in total. The number of hydrogen-bond acceptors (Lipinski definition) is 3. The molecule has 0 spiro atoms. The van der Waals surface area contributed by atoms with Crippen LogP contribution in [0.25, 0.3) is 0 Å². The lowest BCUT2D eigenvalue weighted by molar-refractivity contribution is 0.393. The van der Waals surface area contributed by atoms with E-state index in [9.17, 15) is 12.8 Å². The Hall–Kier alpha value is -0.210. The Morgan fingerprint density at radius 3 is 2.74 bits per heavy atom. The maximum Gasteiger partial charge on any atom is 0.243 e. The Kier molecular flexibility index (Phi) is 5.76. The number of sulfonamides is 1. The molecule has 1 aromatic carbocycles. The Bertz CT molecular complexity index is 556. The highest BCUT2D eigenvalue weighted by atomic mass is 79.9. The molecule has 0 bridgehead atoms. The van der Waals surface area contributed by atoms with Crippen molar-refractivity contribution in [3.63, 3.8) is 0 Å². The molecule has 0 aliphatic carbocycles. The molecule has 1 aliphatic heterocycles. The molecule has 19 heavy (non-hydrogen) atoms. The van der Waals surface area contributed by atoms with E-state index < -0.39 is 15.8 Å².